The van der Waals surface area contributed by atoms with Crippen molar-refractivity contribution in [1.82, 2.24) is 15.4 Å². The third-order valence-corrected chi connectivity index (χ3v) is 4.38. The van der Waals surface area contributed by atoms with Gasteiger partial charge in [-0.05, 0) is 37.6 Å². The topological polar surface area (TPSA) is 85.7 Å². The maximum Gasteiger partial charge on any atom is 0.250 e. The summed E-state index contributed by atoms with van der Waals surface area (Å²) in [6, 6.07) is 5.17. The van der Waals surface area contributed by atoms with E-state index in [-0.39, 0.29) is 18.3 Å². The molecule has 0 unspecified atom stereocenters. The van der Waals surface area contributed by atoms with Crippen molar-refractivity contribution < 1.29 is 14.3 Å². The number of nitrogens with zero attached hydrogens (tertiary/aromatic N) is 3. The van der Waals surface area contributed by atoms with Crippen molar-refractivity contribution in [3.63, 3.8) is 0 Å². The van der Waals surface area contributed by atoms with Crippen LogP contribution in [0.3, 0.4) is 0 Å². The number of methoxy groups -OCH3 is 1. The van der Waals surface area contributed by atoms with E-state index in [2.05, 4.69) is 26.4 Å². The van der Waals surface area contributed by atoms with Crippen LogP contribution in [0.15, 0.2) is 28.5 Å². The van der Waals surface area contributed by atoms with Crippen LogP contribution in [-0.4, -0.2) is 41.6 Å². The summed E-state index contributed by atoms with van der Waals surface area (Å²) in [5.41, 5.74) is 4.79. The second-order valence-corrected chi connectivity index (χ2v) is 6.89. The average molecular weight is 419 g/mol. The van der Waals surface area contributed by atoms with Gasteiger partial charge in [0.05, 0.1) is 24.1 Å². The molecule has 2 aromatic rings. The van der Waals surface area contributed by atoms with E-state index in [0.29, 0.717) is 27.2 Å². The molecule has 0 aliphatic heterocycles. The van der Waals surface area contributed by atoms with Gasteiger partial charge in [0.1, 0.15) is 6.61 Å². The Kier molecular flexibility index (Phi) is 8.11. The lowest BCUT2D eigenvalue weighted by Crippen LogP contribution is -2.19. The molecule has 0 fully saturated rings. The monoisotopic (exact) mass is 418 g/mol. The van der Waals surface area contributed by atoms with Crippen LogP contribution in [0.1, 0.15) is 17.0 Å². The maximum absolute atomic E-state index is 11.9. The Labute approximate surface area is 172 Å². The van der Waals surface area contributed by atoms with Gasteiger partial charge in [0.2, 0.25) is 0 Å². The molecule has 1 heterocycles. The van der Waals surface area contributed by atoms with E-state index in [4.69, 9.17) is 27.5 Å². The van der Waals surface area contributed by atoms with Gasteiger partial charge in [0.25, 0.3) is 5.91 Å². The number of benzene rings is 1. The number of ether oxygens (including phenoxy) is 2. The van der Waals surface area contributed by atoms with E-state index in [1.807, 2.05) is 19.9 Å². The molecule has 1 N–H and O–H groups in total. The lowest BCUT2D eigenvalue weighted by molar-refractivity contribution is -0.118. The second kappa shape index (κ2) is 10.5. The van der Waals surface area contributed by atoms with E-state index < -0.39 is 0 Å². The van der Waals surface area contributed by atoms with Gasteiger partial charge in [-0.25, -0.2) is 15.4 Å². The van der Waals surface area contributed by atoms with Gasteiger partial charge < -0.3 is 9.47 Å². The molecule has 9 heteroatoms. The number of hydrogen-bond acceptors (Lipinski definition) is 7. The molecule has 1 aromatic carbocycles. The first kappa shape index (κ1) is 21.5. The Balaban J connectivity index is 1.95. The summed E-state index contributed by atoms with van der Waals surface area (Å²) in [5, 5.41) is 4.81. The minimum absolute atomic E-state index is 0.0709. The quantitative estimate of drug-likeness (QED) is 0.233. The molecule has 0 spiro atoms. The van der Waals surface area contributed by atoms with Crippen molar-refractivity contribution in [3.05, 3.63) is 40.2 Å². The van der Waals surface area contributed by atoms with Crippen molar-refractivity contribution in [3.8, 4) is 23.8 Å². The third kappa shape index (κ3) is 6.44. The minimum atomic E-state index is -0.281. The van der Waals surface area contributed by atoms with Crippen LogP contribution in [0.4, 0.5) is 0 Å². The van der Waals surface area contributed by atoms with Crippen LogP contribution in [-0.2, 0) is 4.79 Å². The molecule has 2 rings (SSSR count). The molecule has 146 valence electrons. The number of carbonyl (C=O) groups excluding carboxylic acids is 1. The van der Waals surface area contributed by atoms with Crippen molar-refractivity contribution in [2.24, 2.45) is 5.10 Å². The van der Waals surface area contributed by atoms with Gasteiger partial charge in [-0.3, -0.25) is 4.79 Å². The van der Waals surface area contributed by atoms with Crippen molar-refractivity contribution in [2.45, 2.75) is 19.0 Å². The summed E-state index contributed by atoms with van der Waals surface area (Å²) in [7, 11) is 1.49. The summed E-state index contributed by atoms with van der Waals surface area (Å²) in [6.07, 6.45) is 6.64. The fraction of sp³-hybridized carbons (Fsp3) is 0.263. The number of hydrazone groups is 1. The molecular formula is C19H19ClN4O3S. The number of halogens is 1. The molecule has 0 atom stereocenters. The number of thioether (sulfide) groups is 1. The second-order valence-electron chi connectivity index (χ2n) is 5.54. The number of aryl methyl sites for hydroxylation is 2. The number of terminal acetylenes is 1. The van der Waals surface area contributed by atoms with Crippen molar-refractivity contribution in [1.29, 1.82) is 0 Å². The zero-order chi connectivity index (χ0) is 20.5. The average Bonchev–Trinajstić information content (AvgIpc) is 2.64. The molecular weight excluding hydrogens is 400 g/mol. The molecule has 1 aromatic heterocycles. The van der Waals surface area contributed by atoms with E-state index in [0.717, 1.165) is 11.4 Å². The Morgan fingerprint density at radius 2 is 2.07 bits per heavy atom. The summed E-state index contributed by atoms with van der Waals surface area (Å²) >= 11 is 7.43. The first-order valence-corrected chi connectivity index (χ1v) is 9.50. The Morgan fingerprint density at radius 1 is 1.36 bits per heavy atom. The Morgan fingerprint density at radius 3 is 2.71 bits per heavy atom. The van der Waals surface area contributed by atoms with Gasteiger partial charge in [0, 0.05) is 11.4 Å². The van der Waals surface area contributed by atoms with Crippen LogP contribution in [0, 0.1) is 26.2 Å². The van der Waals surface area contributed by atoms with E-state index in [9.17, 15) is 4.79 Å². The highest BCUT2D eigenvalue weighted by Crippen LogP contribution is 2.35. The lowest BCUT2D eigenvalue weighted by atomic mass is 10.2. The predicted molar refractivity (Wildman–Crippen MR) is 110 cm³/mol. The zero-order valence-corrected chi connectivity index (χ0v) is 17.2. The number of hydrogen-bond donors (Lipinski definition) is 1. The van der Waals surface area contributed by atoms with Crippen molar-refractivity contribution in [2.75, 3.05) is 19.5 Å². The maximum atomic E-state index is 11.9. The fourth-order valence-corrected chi connectivity index (χ4v) is 3.18. The lowest BCUT2D eigenvalue weighted by Gasteiger charge is -2.11. The van der Waals surface area contributed by atoms with Crippen LogP contribution in [0.25, 0.3) is 0 Å². The molecule has 0 radical (unpaired) electrons. The molecule has 7 nitrogen and oxygen atoms in total. The van der Waals surface area contributed by atoms with E-state index in [1.165, 1.54) is 25.1 Å². The van der Waals surface area contributed by atoms with Crippen LogP contribution >= 0.6 is 23.4 Å². The number of amides is 1. The summed E-state index contributed by atoms with van der Waals surface area (Å²) in [5.74, 6) is 2.99. The summed E-state index contributed by atoms with van der Waals surface area (Å²) < 4.78 is 10.6. The summed E-state index contributed by atoms with van der Waals surface area (Å²) in [4.78, 5) is 20.5. The number of rotatable bonds is 8. The predicted octanol–water partition coefficient (Wildman–Crippen LogP) is 3.01. The zero-order valence-electron chi connectivity index (χ0n) is 15.7. The van der Waals surface area contributed by atoms with Crippen LogP contribution < -0.4 is 14.9 Å². The number of aromatic nitrogens is 2. The fourth-order valence-electron chi connectivity index (χ4n) is 2.17. The molecule has 0 aliphatic carbocycles. The normalized spacial score (nSPS) is 10.5. The number of nitrogens with one attached hydrogen (secondary N) is 1. The molecule has 1 amide bonds. The first-order valence-electron chi connectivity index (χ1n) is 8.13. The smallest absolute Gasteiger partial charge is 0.250 e. The van der Waals surface area contributed by atoms with Crippen LogP contribution in [0.5, 0.6) is 11.5 Å². The molecule has 0 bridgehead atoms. The standard InChI is InChI=1S/C19H19ClN4O3S/c1-5-6-27-18-15(20)8-14(9-16(18)26-4)10-21-24-17(25)11-28-19-22-12(2)7-13(3)23-19/h1,7-10H,6,11H2,2-4H3,(H,24,25)/b21-10-. The summed E-state index contributed by atoms with van der Waals surface area (Å²) in [6.45, 7) is 3.83. The minimum Gasteiger partial charge on any atom is -0.493 e. The third-order valence-electron chi connectivity index (χ3n) is 3.25. The van der Waals surface area contributed by atoms with Gasteiger partial charge in [0.15, 0.2) is 16.7 Å². The van der Waals surface area contributed by atoms with Crippen molar-refractivity contribution >= 4 is 35.5 Å². The SMILES string of the molecule is C#CCOc1c(Cl)cc(/C=N\NC(=O)CSc2nc(C)cc(C)n2)cc1OC. The van der Waals surface area contributed by atoms with Crippen LogP contribution in [0.2, 0.25) is 5.02 Å². The Bertz CT molecular complexity index is 908. The van der Waals surface area contributed by atoms with E-state index >= 15 is 0 Å². The van der Waals surface area contributed by atoms with E-state index in [1.54, 1.807) is 12.1 Å². The van der Waals surface area contributed by atoms with Gasteiger partial charge in [-0.2, -0.15) is 5.10 Å². The highest BCUT2D eigenvalue weighted by atomic mass is 35.5. The Hall–Kier alpha value is -2.76. The number of carbonyl (C=O) groups is 1. The highest BCUT2D eigenvalue weighted by Gasteiger charge is 2.11. The molecule has 0 saturated heterocycles. The molecule has 0 saturated carbocycles. The van der Waals surface area contributed by atoms with Gasteiger partial charge in [-0.1, -0.05) is 29.3 Å². The van der Waals surface area contributed by atoms with Gasteiger partial charge >= 0.3 is 0 Å². The highest BCUT2D eigenvalue weighted by molar-refractivity contribution is 7.99. The largest absolute Gasteiger partial charge is 0.493 e. The first-order chi connectivity index (χ1) is 13.4. The van der Waals surface area contributed by atoms with Gasteiger partial charge in [-0.15, -0.1) is 6.42 Å². The molecule has 0 aliphatic rings. The molecule has 28 heavy (non-hydrogen) atoms.